The molecule has 3 aromatic rings. The number of hydrogen-bond acceptors (Lipinski definition) is 8. The third-order valence-electron chi connectivity index (χ3n) is 10.9. The van der Waals surface area contributed by atoms with E-state index in [1.54, 1.807) is 23.4 Å². The van der Waals surface area contributed by atoms with Gasteiger partial charge in [-0.05, 0) is 77.3 Å². The molecule has 4 rings (SSSR count). The monoisotopic (exact) mass is 772 g/mol. The van der Waals surface area contributed by atoms with Gasteiger partial charge in [-0.3, -0.25) is 19.2 Å². The zero-order chi connectivity index (χ0) is 41.2. The molecule has 1 aliphatic heterocycles. The fraction of sp³-hybridized carbons (Fsp3) is 0.591. The van der Waals surface area contributed by atoms with Crippen LogP contribution in [0.1, 0.15) is 113 Å². The van der Waals surface area contributed by atoms with Crippen molar-refractivity contribution in [3.8, 4) is 22.5 Å². The SMILES string of the molecule is CCC(C)C(C)CC(C)NC(=O)C(C)(C)CCOC(C)(C)CCNC(=O)CCC(=O)N1Cc2ccccc2-c2c(nnn2CC(=O)OC(C)C)-c2ccccc21. The highest BCUT2D eigenvalue weighted by Crippen LogP contribution is 2.41. The van der Waals surface area contributed by atoms with Crippen LogP contribution in [0.3, 0.4) is 0 Å². The summed E-state index contributed by atoms with van der Waals surface area (Å²) in [4.78, 5) is 54.4. The van der Waals surface area contributed by atoms with E-state index in [0.29, 0.717) is 60.5 Å². The molecule has 0 saturated heterocycles. The topological polar surface area (TPSA) is 145 Å². The maximum absolute atomic E-state index is 13.9. The zero-order valence-corrected chi connectivity index (χ0v) is 35.2. The van der Waals surface area contributed by atoms with E-state index in [1.165, 1.54) is 0 Å². The van der Waals surface area contributed by atoms with Gasteiger partial charge >= 0.3 is 5.97 Å². The summed E-state index contributed by atoms with van der Waals surface area (Å²) in [5.74, 6) is 0.356. The average molecular weight is 773 g/mol. The lowest BCUT2D eigenvalue weighted by Crippen LogP contribution is -2.43. The third-order valence-corrected chi connectivity index (χ3v) is 10.9. The molecule has 0 saturated carbocycles. The summed E-state index contributed by atoms with van der Waals surface area (Å²) in [5, 5.41) is 15.0. The number of fused-ring (bicyclic) bond motifs is 5. The number of aromatic nitrogens is 3. The van der Waals surface area contributed by atoms with Crippen molar-refractivity contribution in [2.24, 2.45) is 17.3 Å². The van der Waals surface area contributed by atoms with E-state index in [4.69, 9.17) is 9.47 Å². The second-order valence-electron chi connectivity index (χ2n) is 17.0. The van der Waals surface area contributed by atoms with E-state index < -0.39 is 17.0 Å². The number of carbonyl (C=O) groups is 4. The van der Waals surface area contributed by atoms with Crippen LogP contribution in [0, 0.1) is 17.3 Å². The first kappa shape index (κ1) is 44.1. The third kappa shape index (κ3) is 12.0. The Balaban J connectivity index is 1.31. The van der Waals surface area contributed by atoms with Gasteiger partial charge in [0.05, 0.1) is 29.6 Å². The number of hydrogen-bond donors (Lipinski definition) is 2. The average Bonchev–Trinajstić information content (AvgIpc) is 3.53. The summed E-state index contributed by atoms with van der Waals surface area (Å²) in [6, 6.07) is 15.3. The van der Waals surface area contributed by atoms with Crippen molar-refractivity contribution in [2.75, 3.05) is 18.1 Å². The van der Waals surface area contributed by atoms with Crippen molar-refractivity contribution in [1.29, 1.82) is 0 Å². The van der Waals surface area contributed by atoms with Gasteiger partial charge in [0, 0.05) is 48.6 Å². The number of carbonyl (C=O) groups excluding carboxylic acids is 4. The molecule has 2 heterocycles. The number of para-hydroxylation sites is 1. The Hall–Kier alpha value is -4.58. The molecule has 0 radical (unpaired) electrons. The molecule has 0 spiro atoms. The smallest absolute Gasteiger partial charge is 0.328 e. The lowest BCUT2D eigenvalue weighted by atomic mass is 9.86. The minimum atomic E-state index is -0.580. The molecule has 0 aliphatic carbocycles. The van der Waals surface area contributed by atoms with Crippen molar-refractivity contribution in [2.45, 2.75) is 139 Å². The zero-order valence-electron chi connectivity index (χ0n) is 35.2. The minimum Gasteiger partial charge on any atom is -0.462 e. The summed E-state index contributed by atoms with van der Waals surface area (Å²) in [5.41, 5.74) is 3.14. The summed E-state index contributed by atoms with van der Waals surface area (Å²) < 4.78 is 13.2. The molecule has 56 heavy (non-hydrogen) atoms. The van der Waals surface area contributed by atoms with Crippen LogP contribution in [0.25, 0.3) is 22.5 Å². The maximum atomic E-state index is 13.9. The van der Waals surface area contributed by atoms with Crippen LogP contribution in [-0.2, 0) is 41.7 Å². The van der Waals surface area contributed by atoms with Gasteiger partial charge in [-0.15, -0.1) is 5.10 Å². The van der Waals surface area contributed by atoms with Crippen molar-refractivity contribution in [3.63, 3.8) is 0 Å². The summed E-state index contributed by atoms with van der Waals surface area (Å²) in [7, 11) is 0. The second-order valence-corrected chi connectivity index (χ2v) is 17.0. The number of ether oxygens (including phenoxy) is 2. The molecule has 2 aromatic carbocycles. The first-order chi connectivity index (χ1) is 26.4. The van der Waals surface area contributed by atoms with Crippen LogP contribution in [-0.4, -0.2) is 69.6 Å². The van der Waals surface area contributed by atoms with Gasteiger partial charge in [0.2, 0.25) is 17.7 Å². The standard InChI is InChI=1S/C44H64N6O6/c1-11-30(4)31(5)26-32(6)46-42(54)43(7,8)23-25-55-44(9,10)22-24-45-37(51)20-21-38(52)49-27-33-16-12-13-17-34(33)41-40(35-18-14-15-19-36(35)49)47-48-50(41)28-39(53)56-29(2)3/h12-19,29-32H,11,20-28H2,1-10H3,(H,45,51)(H,46,54). The Morgan fingerprint density at radius 1 is 0.875 bits per heavy atom. The van der Waals surface area contributed by atoms with Crippen molar-refractivity contribution >= 4 is 29.4 Å². The number of nitrogens with one attached hydrogen (secondary N) is 2. The van der Waals surface area contributed by atoms with E-state index in [0.717, 1.165) is 24.0 Å². The van der Waals surface area contributed by atoms with E-state index in [-0.39, 0.29) is 55.8 Å². The highest BCUT2D eigenvalue weighted by atomic mass is 16.5. The van der Waals surface area contributed by atoms with Gasteiger partial charge in [-0.25, -0.2) is 4.68 Å². The van der Waals surface area contributed by atoms with E-state index in [9.17, 15) is 19.2 Å². The van der Waals surface area contributed by atoms with Crippen molar-refractivity contribution in [3.05, 3.63) is 54.1 Å². The van der Waals surface area contributed by atoms with Gasteiger partial charge in [-0.2, -0.15) is 0 Å². The Labute approximate surface area is 333 Å². The van der Waals surface area contributed by atoms with Gasteiger partial charge in [0.25, 0.3) is 0 Å². The van der Waals surface area contributed by atoms with E-state index in [2.05, 4.69) is 48.6 Å². The molecule has 2 N–H and O–H groups in total. The Kier molecular flexibility index (Phi) is 15.4. The maximum Gasteiger partial charge on any atom is 0.328 e. The number of esters is 1. The molecule has 0 fully saturated rings. The van der Waals surface area contributed by atoms with Gasteiger partial charge in [-0.1, -0.05) is 88.7 Å². The predicted molar refractivity (Wildman–Crippen MR) is 219 cm³/mol. The molecular weight excluding hydrogens is 709 g/mol. The highest BCUT2D eigenvalue weighted by molar-refractivity contribution is 6.01. The molecule has 3 amide bonds. The highest BCUT2D eigenvalue weighted by Gasteiger charge is 2.32. The van der Waals surface area contributed by atoms with Gasteiger partial charge < -0.3 is 25.0 Å². The molecule has 1 aromatic heterocycles. The molecule has 12 nitrogen and oxygen atoms in total. The Morgan fingerprint density at radius 3 is 2.25 bits per heavy atom. The number of amides is 3. The molecule has 1 aliphatic rings. The van der Waals surface area contributed by atoms with Crippen molar-refractivity contribution < 1.29 is 28.7 Å². The van der Waals surface area contributed by atoms with Crippen LogP contribution in [0.15, 0.2) is 48.5 Å². The fourth-order valence-corrected chi connectivity index (χ4v) is 6.96. The largest absolute Gasteiger partial charge is 0.462 e. The van der Waals surface area contributed by atoms with Gasteiger partial charge in [0.15, 0.2) is 0 Å². The molecule has 306 valence electrons. The molecule has 0 bridgehead atoms. The Morgan fingerprint density at radius 2 is 1.55 bits per heavy atom. The lowest BCUT2D eigenvalue weighted by Gasteiger charge is -2.30. The van der Waals surface area contributed by atoms with E-state index >= 15 is 0 Å². The predicted octanol–water partition coefficient (Wildman–Crippen LogP) is 7.49. The van der Waals surface area contributed by atoms with Crippen LogP contribution >= 0.6 is 0 Å². The normalized spacial score (nSPS) is 14.4. The van der Waals surface area contributed by atoms with E-state index in [1.807, 2.05) is 76.2 Å². The number of nitrogens with zero attached hydrogens (tertiary/aromatic N) is 4. The van der Waals surface area contributed by atoms with Crippen LogP contribution < -0.4 is 15.5 Å². The molecule has 12 heteroatoms. The summed E-state index contributed by atoms with van der Waals surface area (Å²) in [6.45, 7) is 21.2. The molecular formula is C44H64N6O6. The van der Waals surface area contributed by atoms with Crippen LogP contribution in [0.4, 0.5) is 5.69 Å². The quantitative estimate of drug-likeness (QED) is 0.119. The number of anilines is 1. The minimum absolute atomic E-state index is 0.00905. The summed E-state index contributed by atoms with van der Waals surface area (Å²) >= 11 is 0. The van der Waals surface area contributed by atoms with Crippen LogP contribution in [0.5, 0.6) is 0 Å². The first-order valence-electron chi connectivity index (χ1n) is 20.2. The summed E-state index contributed by atoms with van der Waals surface area (Å²) in [6.07, 6.45) is 2.99. The lowest BCUT2D eigenvalue weighted by molar-refractivity contribution is -0.148. The van der Waals surface area contributed by atoms with Crippen LogP contribution in [0.2, 0.25) is 0 Å². The molecule has 3 unspecified atom stereocenters. The second kappa shape index (κ2) is 19.5. The number of benzene rings is 2. The number of rotatable bonds is 19. The van der Waals surface area contributed by atoms with Gasteiger partial charge in [0.1, 0.15) is 12.2 Å². The van der Waals surface area contributed by atoms with Crippen molar-refractivity contribution in [1.82, 2.24) is 25.6 Å². The fourth-order valence-electron chi connectivity index (χ4n) is 6.96. The first-order valence-corrected chi connectivity index (χ1v) is 20.2. The Bertz CT molecular complexity index is 1820. The molecule has 3 atom stereocenters.